The molecule has 0 bridgehead atoms. The molecular weight excluding hydrogens is 282 g/mol. The topological polar surface area (TPSA) is 44.5 Å². The summed E-state index contributed by atoms with van der Waals surface area (Å²) in [6.45, 7) is 3.22. The maximum Gasteiger partial charge on any atom is 0.136 e. The van der Waals surface area contributed by atoms with Gasteiger partial charge in [-0.3, -0.25) is 0 Å². The number of halogens is 1. The monoisotopic (exact) mass is 301 g/mol. The van der Waals surface area contributed by atoms with E-state index < -0.39 is 0 Å². The van der Waals surface area contributed by atoms with Crippen molar-refractivity contribution in [3.8, 4) is 5.75 Å². The van der Waals surface area contributed by atoms with E-state index in [0.717, 1.165) is 28.6 Å². The molecule has 0 heterocycles. The highest BCUT2D eigenvalue weighted by Gasteiger charge is 2.10. The molecule has 0 aromatic heterocycles. The van der Waals surface area contributed by atoms with Crippen LogP contribution in [0.1, 0.15) is 18.9 Å². The van der Waals surface area contributed by atoms with E-state index in [9.17, 15) is 0 Å². The Labute approximate surface area is 111 Å². The molecule has 1 unspecified atom stereocenters. The number of rotatable bonds is 7. The summed E-state index contributed by atoms with van der Waals surface area (Å²) in [4.78, 5) is 0. The van der Waals surface area contributed by atoms with Crippen molar-refractivity contribution in [3.05, 3.63) is 28.2 Å². The Bertz CT molecular complexity index is 344. The molecule has 0 saturated heterocycles. The molecule has 17 heavy (non-hydrogen) atoms. The van der Waals surface area contributed by atoms with Crippen LogP contribution < -0.4 is 10.5 Å². The Morgan fingerprint density at radius 1 is 1.35 bits per heavy atom. The van der Waals surface area contributed by atoms with Gasteiger partial charge in [0.1, 0.15) is 12.4 Å². The van der Waals surface area contributed by atoms with Crippen LogP contribution in [0.15, 0.2) is 22.7 Å². The highest BCUT2D eigenvalue weighted by Crippen LogP contribution is 2.30. The predicted molar refractivity (Wildman–Crippen MR) is 73.5 cm³/mol. The summed E-state index contributed by atoms with van der Waals surface area (Å²) in [6, 6.07) is 6.21. The van der Waals surface area contributed by atoms with Crippen LogP contribution in [0.25, 0.3) is 0 Å². The quantitative estimate of drug-likeness (QED) is 0.788. The lowest BCUT2D eigenvalue weighted by atomic mass is 10.0. The van der Waals surface area contributed by atoms with E-state index in [-0.39, 0.29) is 6.04 Å². The normalized spacial score (nSPS) is 12.5. The van der Waals surface area contributed by atoms with E-state index in [1.807, 2.05) is 12.1 Å². The highest BCUT2D eigenvalue weighted by molar-refractivity contribution is 9.10. The summed E-state index contributed by atoms with van der Waals surface area (Å²) in [5, 5.41) is 0. The molecule has 0 amide bonds. The van der Waals surface area contributed by atoms with E-state index in [4.69, 9.17) is 15.2 Å². The molecule has 1 aromatic carbocycles. The number of ether oxygens (including phenoxy) is 2. The first kappa shape index (κ1) is 14.5. The number of methoxy groups -OCH3 is 1. The number of hydrogen-bond donors (Lipinski definition) is 1. The molecule has 0 spiro atoms. The summed E-state index contributed by atoms with van der Waals surface area (Å²) < 4.78 is 11.7. The Morgan fingerprint density at radius 2 is 2.12 bits per heavy atom. The molecule has 1 atom stereocenters. The van der Waals surface area contributed by atoms with Crippen LogP contribution in [0.4, 0.5) is 0 Å². The molecule has 0 aliphatic heterocycles. The van der Waals surface area contributed by atoms with Gasteiger partial charge in [0.2, 0.25) is 0 Å². The molecule has 1 rings (SSSR count). The number of hydrogen-bond acceptors (Lipinski definition) is 3. The molecule has 0 aliphatic carbocycles. The minimum absolute atomic E-state index is 0.175. The van der Waals surface area contributed by atoms with Crippen molar-refractivity contribution >= 4 is 15.9 Å². The van der Waals surface area contributed by atoms with Crippen LogP contribution in [-0.4, -0.2) is 26.4 Å². The van der Waals surface area contributed by atoms with Crippen molar-refractivity contribution in [2.24, 2.45) is 5.73 Å². The van der Waals surface area contributed by atoms with E-state index in [1.54, 1.807) is 7.11 Å². The zero-order valence-electron chi connectivity index (χ0n) is 10.4. The molecule has 0 saturated carbocycles. The summed E-state index contributed by atoms with van der Waals surface area (Å²) in [7, 11) is 1.66. The second-order valence-electron chi connectivity index (χ2n) is 3.94. The summed E-state index contributed by atoms with van der Waals surface area (Å²) in [5.74, 6) is 0.883. The lowest BCUT2D eigenvalue weighted by Crippen LogP contribution is -2.22. The second kappa shape index (κ2) is 7.69. The van der Waals surface area contributed by atoms with Crippen molar-refractivity contribution < 1.29 is 9.47 Å². The largest absolute Gasteiger partial charge is 0.490 e. The molecule has 96 valence electrons. The zero-order valence-corrected chi connectivity index (χ0v) is 12.0. The predicted octanol–water partition coefficient (Wildman–Crippen LogP) is 2.75. The smallest absolute Gasteiger partial charge is 0.136 e. The first-order chi connectivity index (χ1) is 8.19. The third kappa shape index (κ3) is 4.66. The SMILES string of the molecule is CCC(N)Cc1cccc(Br)c1OCCOC. The Balaban J connectivity index is 2.76. The van der Waals surface area contributed by atoms with Crippen molar-refractivity contribution in [2.45, 2.75) is 25.8 Å². The maximum atomic E-state index is 5.98. The van der Waals surface area contributed by atoms with Crippen LogP contribution in [0.5, 0.6) is 5.75 Å². The molecular formula is C13H20BrNO2. The standard InChI is InChI=1S/C13H20BrNO2/c1-3-11(15)9-10-5-4-6-12(14)13(10)17-8-7-16-2/h4-6,11H,3,7-9,15H2,1-2H3. The number of para-hydroxylation sites is 1. The molecule has 0 aliphatic rings. The highest BCUT2D eigenvalue weighted by atomic mass is 79.9. The fourth-order valence-corrected chi connectivity index (χ4v) is 2.05. The van der Waals surface area contributed by atoms with Crippen LogP contribution in [0, 0.1) is 0 Å². The Morgan fingerprint density at radius 3 is 2.76 bits per heavy atom. The minimum atomic E-state index is 0.175. The third-order valence-electron chi connectivity index (χ3n) is 2.59. The van der Waals surface area contributed by atoms with E-state index in [0.29, 0.717) is 13.2 Å². The molecule has 2 N–H and O–H groups in total. The molecule has 1 aromatic rings. The van der Waals surface area contributed by atoms with Gasteiger partial charge in [0, 0.05) is 13.2 Å². The zero-order chi connectivity index (χ0) is 12.7. The summed E-state index contributed by atoms with van der Waals surface area (Å²) in [6.07, 6.45) is 1.79. The van der Waals surface area contributed by atoms with Gasteiger partial charge >= 0.3 is 0 Å². The van der Waals surface area contributed by atoms with Gasteiger partial charge in [0.15, 0.2) is 0 Å². The minimum Gasteiger partial charge on any atom is -0.490 e. The molecule has 4 heteroatoms. The number of benzene rings is 1. The average Bonchev–Trinajstić information content (AvgIpc) is 2.32. The lowest BCUT2D eigenvalue weighted by molar-refractivity contribution is 0.145. The summed E-state index contributed by atoms with van der Waals surface area (Å²) in [5.41, 5.74) is 7.13. The Kier molecular flexibility index (Phi) is 6.55. The van der Waals surface area contributed by atoms with Crippen molar-refractivity contribution in [1.82, 2.24) is 0 Å². The van der Waals surface area contributed by atoms with E-state index in [2.05, 4.69) is 28.9 Å². The van der Waals surface area contributed by atoms with Gasteiger partial charge in [0.25, 0.3) is 0 Å². The number of nitrogens with two attached hydrogens (primary N) is 1. The first-order valence-corrected chi connectivity index (χ1v) is 6.63. The van der Waals surface area contributed by atoms with E-state index >= 15 is 0 Å². The van der Waals surface area contributed by atoms with Crippen molar-refractivity contribution in [3.63, 3.8) is 0 Å². The fraction of sp³-hybridized carbons (Fsp3) is 0.538. The van der Waals surface area contributed by atoms with Crippen molar-refractivity contribution in [1.29, 1.82) is 0 Å². The molecule has 0 fully saturated rings. The van der Waals surface area contributed by atoms with Crippen LogP contribution >= 0.6 is 15.9 Å². The van der Waals surface area contributed by atoms with Gasteiger partial charge in [-0.05, 0) is 40.4 Å². The average molecular weight is 302 g/mol. The van der Waals surface area contributed by atoms with Gasteiger partial charge in [-0.2, -0.15) is 0 Å². The maximum absolute atomic E-state index is 5.98. The van der Waals surface area contributed by atoms with Gasteiger partial charge in [0.05, 0.1) is 11.1 Å². The van der Waals surface area contributed by atoms with Crippen LogP contribution in [0.3, 0.4) is 0 Å². The van der Waals surface area contributed by atoms with Gasteiger partial charge in [-0.1, -0.05) is 19.1 Å². The second-order valence-corrected chi connectivity index (χ2v) is 4.80. The van der Waals surface area contributed by atoms with E-state index in [1.165, 1.54) is 0 Å². The molecule has 3 nitrogen and oxygen atoms in total. The van der Waals surface area contributed by atoms with Crippen LogP contribution in [-0.2, 0) is 11.2 Å². The first-order valence-electron chi connectivity index (χ1n) is 5.83. The third-order valence-corrected chi connectivity index (χ3v) is 3.21. The van der Waals surface area contributed by atoms with Gasteiger partial charge < -0.3 is 15.2 Å². The Hall–Kier alpha value is -0.580. The molecule has 0 radical (unpaired) electrons. The van der Waals surface area contributed by atoms with Crippen molar-refractivity contribution in [2.75, 3.05) is 20.3 Å². The van der Waals surface area contributed by atoms with Gasteiger partial charge in [-0.15, -0.1) is 0 Å². The van der Waals surface area contributed by atoms with Gasteiger partial charge in [-0.25, -0.2) is 0 Å². The lowest BCUT2D eigenvalue weighted by Gasteiger charge is -2.15. The fourth-order valence-electron chi connectivity index (χ4n) is 1.53. The van der Waals surface area contributed by atoms with Crippen LogP contribution in [0.2, 0.25) is 0 Å². The summed E-state index contributed by atoms with van der Waals surface area (Å²) >= 11 is 3.50.